The maximum absolute atomic E-state index is 13.2. The van der Waals surface area contributed by atoms with E-state index in [0.717, 1.165) is 25.8 Å². The van der Waals surface area contributed by atoms with Gasteiger partial charge in [0, 0.05) is 6.54 Å². The van der Waals surface area contributed by atoms with Gasteiger partial charge in [0.25, 0.3) is 0 Å². The van der Waals surface area contributed by atoms with Gasteiger partial charge >= 0.3 is 0 Å². The summed E-state index contributed by atoms with van der Waals surface area (Å²) in [6.07, 6.45) is 2.08. The molecule has 2 fully saturated rings. The Bertz CT molecular complexity index is 480. The minimum Gasteiger partial charge on any atom is -0.348 e. The maximum Gasteiger partial charge on any atom is 0.165 e. The van der Waals surface area contributed by atoms with E-state index in [1.54, 1.807) is 13.8 Å². The van der Waals surface area contributed by atoms with Gasteiger partial charge in [0.15, 0.2) is 15.6 Å². The Morgan fingerprint density at radius 3 is 2.33 bits per heavy atom. The first-order valence-corrected chi connectivity index (χ1v) is 9.33. The van der Waals surface area contributed by atoms with Gasteiger partial charge in [-0.05, 0) is 53.5 Å². The van der Waals surface area contributed by atoms with Crippen LogP contribution in [0.5, 0.6) is 0 Å². The predicted molar refractivity (Wildman–Crippen MR) is 83.0 cm³/mol. The minimum atomic E-state index is -3.31. The van der Waals surface area contributed by atoms with Crippen LogP contribution in [0.3, 0.4) is 0 Å². The molecule has 1 atom stereocenters. The van der Waals surface area contributed by atoms with Crippen LogP contribution in [0.15, 0.2) is 0 Å². The molecule has 1 saturated heterocycles. The molecule has 1 aliphatic carbocycles. The Morgan fingerprint density at radius 1 is 1.29 bits per heavy atom. The third-order valence-corrected chi connectivity index (χ3v) is 8.07. The highest BCUT2D eigenvalue weighted by atomic mass is 32.2. The molecule has 2 rings (SSSR count). The molecule has 0 aromatic carbocycles. The van der Waals surface area contributed by atoms with E-state index in [1.807, 2.05) is 13.8 Å². The van der Waals surface area contributed by atoms with E-state index in [9.17, 15) is 8.42 Å². The van der Waals surface area contributed by atoms with Crippen molar-refractivity contribution in [2.24, 2.45) is 0 Å². The fraction of sp³-hybridized carbons (Fsp3) is 1.00. The summed E-state index contributed by atoms with van der Waals surface area (Å²) in [5, 5.41) is 3.27. The molecule has 0 amide bonds. The van der Waals surface area contributed by atoms with Crippen molar-refractivity contribution in [1.29, 1.82) is 0 Å². The third kappa shape index (κ3) is 3.00. The standard InChI is InChI=1S/C15H29NO4S/c1-6-9-16-11-15(7-8-15)21(17,18)13(2,3)12-10-19-14(4,5)20-12/h12,16H,6-11H2,1-5H3. The highest BCUT2D eigenvalue weighted by Crippen LogP contribution is 2.50. The van der Waals surface area contributed by atoms with E-state index in [0.29, 0.717) is 13.2 Å². The lowest BCUT2D eigenvalue weighted by Crippen LogP contribution is -2.53. The minimum absolute atomic E-state index is 0.331. The number of hydrogen-bond acceptors (Lipinski definition) is 5. The lowest BCUT2D eigenvalue weighted by molar-refractivity contribution is -0.141. The molecular weight excluding hydrogens is 290 g/mol. The van der Waals surface area contributed by atoms with Crippen molar-refractivity contribution in [3.63, 3.8) is 0 Å². The number of nitrogens with one attached hydrogen (secondary N) is 1. The predicted octanol–water partition coefficient (Wildman–Crippen LogP) is 1.86. The third-order valence-electron chi connectivity index (χ3n) is 4.73. The van der Waals surface area contributed by atoms with Gasteiger partial charge in [-0.3, -0.25) is 0 Å². The average molecular weight is 319 g/mol. The summed E-state index contributed by atoms with van der Waals surface area (Å²) in [6, 6.07) is 0. The Labute approximate surface area is 128 Å². The normalized spacial score (nSPS) is 27.8. The molecule has 0 spiro atoms. The Hall–Kier alpha value is -0.170. The Kier molecular flexibility index (Phi) is 4.48. The highest BCUT2D eigenvalue weighted by molar-refractivity contribution is 7.94. The zero-order chi connectivity index (χ0) is 15.9. The van der Waals surface area contributed by atoms with Crippen LogP contribution in [0, 0.1) is 0 Å². The molecule has 2 aliphatic rings. The van der Waals surface area contributed by atoms with Gasteiger partial charge in [-0.15, -0.1) is 0 Å². The second-order valence-electron chi connectivity index (χ2n) is 7.28. The van der Waals surface area contributed by atoms with Crippen molar-refractivity contribution in [3.8, 4) is 0 Å². The maximum atomic E-state index is 13.2. The molecule has 0 aromatic rings. The molecule has 21 heavy (non-hydrogen) atoms. The molecule has 124 valence electrons. The first-order valence-electron chi connectivity index (χ1n) is 7.85. The summed E-state index contributed by atoms with van der Waals surface area (Å²) in [4.78, 5) is 0. The van der Waals surface area contributed by atoms with Crippen LogP contribution >= 0.6 is 0 Å². The van der Waals surface area contributed by atoms with Gasteiger partial charge < -0.3 is 14.8 Å². The van der Waals surface area contributed by atoms with Gasteiger partial charge in [-0.1, -0.05) is 6.92 Å². The van der Waals surface area contributed by atoms with Crippen molar-refractivity contribution in [2.45, 2.75) is 75.3 Å². The number of ether oxygens (including phenoxy) is 2. The van der Waals surface area contributed by atoms with E-state index in [1.165, 1.54) is 0 Å². The van der Waals surface area contributed by atoms with Crippen LogP contribution < -0.4 is 5.32 Å². The Morgan fingerprint density at radius 2 is 1.90 bits per heavy atom. The summed E-state index contributed by atoms with van der Waals surface area (Å²) in [5.74, 6) is -0.700. The SMILES string of the molecule is CCCNCC1(S(=O)(=O)C(C)(C)C2COC(C)(C)O2)CC1. The Balaban J connectivity index is 2.15. The van der Waals surface area contributed by atoms with Gasteiger partial charge in [0.05, 0.1) is 16.1 Å². The van der Waals surface area contributed by atoms with Crippen LogP contribution in [0.1, 0.15) is 53.9 Å². The largest absolute Gasteiger partial charge is 0.348 e. The van der Waals surface area contributed by atoms with Crippen molar-refractivity contribution in [3.05, 3.63) is 0 Å². The van der Waals surface area contributed by atoms with Crippen molar-refractivity contribution < 1.29 is 17.9 Å². The first kappa shape index (κ1) is 17.2. The fourth-order valence-electron chi connectivity index (χ4n) is 2.93. The van der Waals surface area contributed by atoms with Crippen molar-refractivity contribution in [1.82, 2.24) is 5.32 Å². The van der Waals surface area contributed by atoms with E-state index in [-0.39, 0.29) is 0 Å². The van der Waals surface area contributed by atoms with Gasteiger partial charge in [0.2, 0.25) is 0 Å². The van der Waals surface area contributed by atoms with Crippen LogP contribution in [-0.2, 0) is 19.3 Å². The quantitative estimate of drug-likeness (QED) is 0.726. The van der Waals surface area contributed by atoms with Crippen LogP contribution in [0.4, 0.5) is 0 Å². The molecule has 0 aromatic heterocycles. The van der Waals surface area contributed by atoms with E-state index in [2.05, 4.69) is 12.2 Å². The summed E-state index contributed by atoms with van der Waals surface area (Å²) in [7, 11) is -3.31. The molecular formula is C15H29NO4S. The van der Waals surface area contributed by atoms with Crippen LogP contribution in [0.2, 0.25) is 0 Å². The molecule has 5 nitrogen and oxygen atoms in total. The lowest BCUT2D eigenvalue weighted by Gasteiger charge is -2.34. The molecule has 0 radical (unpaired) electrons. The molecule has 0 bridgehead atoms. The number of hydrogen-bond donors (Lipinski definition) is 1. The monoisotopic (exact) mass is 319 g/mol. The molecule has 1 heterocycles. The van der Waals surface area contributed by atoms with Crippen molar-refractivity contribution >= 4 is 9.84 Å². The second-order valence-corrected chi connectivity index (χ2v) is 10.2. The number of sulfone groups is 1. The van der Waals surface area contributed by atoms with E-state index < -0.39 is 31.2 Å². The second kappa shape index (κ2) is 5.48. The first-order chi connectivity index (χ1) is 9.58. The summed E-state index contributed by atoms with van der Waals surface area (Å²) in [5.41, 5.74) is 0. The van der Waals surface area contributed by atoms with E-state index >= 15 is 0 Å². The number of rotatable bonds is 7. The molecule has 1 unspecified atom stereocenters. The van der Waals surface area contributed by atoms with Crippen molar-refractivity contribution in [2.75, 3.05) is 19.7 Å². The smallest absolute Gasteiger partial charge is 0.165 e. The van der Waals surface area contributed by atoms with Gasteiger partial charge in [0.1, 0.15) is 6.10 Å². The van der Waals surface area contributed by atoms with E-state index in [4.69, 9.17) is 9.47 Å². The van der Waals surface area contributed by atoms with Crippen LogP contribution in [0.25, 0.3) is 0 Å². The van der Waals surface area contributed by atoms with Gasteiger partial charge in [-0.2, -0.15) is 0 Å². The fourth-order valence-corrected chi connectivity index (χ4v) is 5.44. The topological polar surface area (TPSA) is 64.6 Å². The molecule has 6 heteroatoms. The summed E-state index contributed by atoms with van der Waals surface area (Å²) in [6.45, 7) is 11.0. The lowest BCUT2D eigenvalue weighted by atomic mass is 10.1. The highest BCUT2D eigenvalue weighted by Gasteiger charge is 2.62. The average Bonchev–Trinajstić information content (AvgIpc) is 3.08. The zero-order valence-electron chi connectivity index (χ0n) is 13.9. The molecule has 1 saturated carbocycles. The van der Waals surface area contributed by atoms with Crippen LogP contribution in [-0.4, -0.2) is 49.5 Å². The molecule has 1 N–H and O–H groups in total. The molecule has 1 aliphatic heterocycles. The summed E-state index contributed by atoms with van der Waals surface area (Å²) < 4.78 is 36.1. The zero-order valence-corrected chi connectivity index (χ0v) is 14.7. The van der Waals surface area contributed by atoms with Gasteiger partial charge in [-0.25, -0.2) is 8.42 Å². The summed E-state index contributed by atoms with van der Waals surface area (Å²) >= 11 is 0.